The van der Waals surface area contributed by atoms with Crippen LogP contribution in [-0.2, 0) is 0 Å². The molecular formula is C14H29N3. The molecule has 0 atom stereocenters. The molecular weight excluding hydrogens is 210 g/mol. The minimum absolute atomic E-state index is 0.857. The van der Waals surface area contributed by atoms with Crippen molar-refractivity contribution >= 4 is 0 Å². The first-order chi connectivity index (χ1) is 8.29. The van der Waals surface area contributed by atoms with Crippen molar-refractivity contribution < 1.29 is 0 Å². The first kappa shape index (κ1) is 13.3. The maximum atomic E-state index is 3.36. The van der Waals surface area contributed by atoms with E-state index in [2.05, 4.69) is 29.1 Å². The Morgan fingerprint density at radius 2 is 1.94 bits per heavy atom. The minimum atomic E-state index is 0.857. The van der Waals surface area contributed by atoms with Gasteiger partial charge in [-0.2, -0.15) is 0 Å². The van der Waals surface area contributed by atoms with Crippen molar-refractivity contribution in [3.8, 4) is 0 Å². The van der Waals surface area contributed by atoms with E-state index >= 15 is 0 Å². The molecule has 2 fully saturated rings. The highest BCUT2D eigenvalue weighted by Crippen LogP contribution is 2.17. The summed E-state index contributed by atoms with van der Waals surface area (Å²) in [6, 6.07) is 0.857. The minimum Gasteiger partial charge on any atom is -0.316 e. The van der Waals surface area contributed by atoms with Crippen molar-refractivity contribution in [2.45, 2.75) is 38.6 Å². The quantitative estimate of drug-likeness (QED) is 0.756. The van der Waals surface area contributed by atoms with Crippen LogP contribution in [0.2, 0.25) is 0 Å². The molecule has 0 aromatic heterocycles. The molecule has 17 heavy (non-hydrogen) atoms. The molecule has 3 heteroatoms. The molecule has 0 unspecified atom stereocenters. The van der Waals surface area contributed by atoms with E-state index in [0.717, 1.165) is 12.0 Å². The van der Waals surface area contributed by atoms with Gasteiger partial charge in [-0.05, 0) is 77.9 Å². The molecule has 0 radical (unpaired) electrons. The Balaban J connectivity index is 1.64. The second kappa shape index (κ2) is 6.72. The molecule has 2 aliphatic heterocycles. The van der Waals surface area contributed by atoms with E-state index in [4.69, 9.17) is 0 Å². The summed E-state index contributed by atoms with van der Waals surface area (Å²) in [6.45, 7) is 9.98. The van der Waals surface area contributed by atoms with Crippen LogP contribution in [0, 0.1) is 5.92 Å². The van der Waals surface area contributed by atoms with E-state index in [1.807, 2.05) is 0 Å². The molecule has 0 aromatic rings. The van der Waals surface area contributed by atoms with Crippen LogP contribution in [0.3, 0.4) is 0 Å². The maximum absolute atomic E-state index is 3.36. The number of likely N-dealkylation sites (tertiary alicyclic amines) is 1. The fourth-order valence-electron chi connectivity index (χ4n) is 3.09. The highest BCUT2D eigenvalue weighted by molar-refractivity contribution is 4.79. The number of nitrogens with one attached hydrogen (secondary N) is 1. The highest BCUT2D eigenvalue weighted by atomic mass is 15.2. The summed E-state index contributed by atoms with van der Waals surface area (Å²) >= 11 is 0. The zero-order valence-corrected chi connectivity index (χ0v) is 11.6. The van der Waals surface area contributed by atoms with E-state index in [1.165, 1.54) is 65.0 Å². The first-order valence-corrected chi connectivity index (χ1v) is 7.43. The van der Waals surface area contributed by atoms with E-state index < -0.39 is 0 Å². The molecule has 0 aliphatic carbocycles. The van der Waals surface area contributed by atoms with Crippen LogP contribution >= 0.6 is 0 Å². The SMILES string of the molecule is CCN(CCCC1CNC1)C1CCN(C)CC1. The van der Waals surface area contributed by atoms with Crippen LogP contribution in [0.5, 0.6) is 0 Å². The van der Waals surface area contributed by atoms with Gasteiger partial charge in [0.15, 0.2) is 0 Å². The lowest BCUT2D eigenvalue weighted by molar-refractivity contribution is 0.121. The number of nitrogens with zero attached hydrogens (tertiary/aromatic N) is 2. The molecule has 0 spiro atoms. The Labute approximate surface area is 107 Å². The molecule has 0 aromatic carbocycles. The lowest BCUT2D eigenvalue weighted by Gasteiger charge is -2.37. The summed E-state index contributed by atoms with van der Waals surface area (Å²) < 4.78 is 0. The van der Waals surface area contributed by atoms with Crippen molar-refractivity contribution in [1.29, 1.82) is 0 Å². The Kier molecular flexibility index (Phi) is 5.26. The topological polar surface area (TPSA) is 18.5 Å². The van der Waals surface area contributed by atoms with Gasteiger partial charge in [0, 0.05) is 6.04 Å². The number of rotatable bonds is 6. The zero-order valence-electron chi connectivity index (χ0n) is 11.6. The maximum Gasteiger partial charge on any atom is 0.0119 e. The summed E-state index contributed by atoms with van der Waals surface area (Å²) in [5, 5.41) is 3.36. The lowest BCUT2D eigenvalue weighted by atomic mass is 9.96. The van der Waals surface area contributed by atoms with Gasteiger partial charge < -0.3 is 15.1 Å². The van der Waals surface area contributed by atoms with Crippen molar-refractivity contribution in [2.75, 3.05) is 46.3 Å². The molecule has 0 amide bonds. The van der Waals surface area contributed by atoms with Gasteiger partial charge in [0.25, 0.3) is 0 Å². The zero-order chi connectivity index (χ0) is 12.1. The third-order valence-electron chi connectivity index (χ3n) is 4.53. The number of hydrogen-bond donors (Lipinski definition) is 1. The van der Waals surface area contributed by atoms with Gasteiger partial charge in [-0.25, -0.2) is 0 Å². The van der Waals surface area contributed by atoms with Crippen LogP contribution < -0.4 is 5.32 Å². The third-order valence-corrected chi connectivity index (χ3v) is 4.53. The molecule has 1 N–H and O–H groups in total. The lowest BCUT2D eigenvalue weighted by Crippen LogP contribution is -2.45. The molecule has 0 saturated carbocycles. The number of hydrogen-bond acceptors (Lipinski definition) is 3. The Hall–Kier alpha value is -0.120. The van der Waals surface area contributed by atoms with E-state index in [9.17, 15) is 0 Å². The third kappa shape index (κ3) is 3.94. The summed E-state index contributed by atoms with van der Waals surface area (Å²) in [4.78, 5) is 5.18. The van der Waals surface area contributed by atoms with Crippen LogP contribution in [0.1, 0.15) is 32.6 Å². The van der Waals surface area contributed by atoms with E-state index in [1.54, 1.807) is 0 Å². The van der Waals surface area contributed by atoms with Gasteiger partial charge in [0.2, 0.25) is 0 Å². The Morgan fingerprint density at radius 3 is 2.47 bits per heavy atom. The van der Waals surface area contributed by atoms with Gasteiger partial charge in [-0.3, -0.25) is 0 Å². The molecule has 0 bridgehead atoms. The standard InChI is InChI=1S/C14H29N3/c1-3-17(8-4-5-13-11-15-12-13)14-6-9-16(2)10-7-14/h13-15H,3-12H2,1-2H3. The van der Waals surface area contributed by atoms with Crippen molar-refractivity contribution in [2.24, 2.45) is 5.92 Å². The predicted molar refractivity (Wildman–Crippen MR) is 73.4 cm³/mol. The van der Waals surface area contributed by atoms with Crippen molar-refractivity contribution in [3.63, 3.8) is 0 Å². The van der Waals surface area contributed by atoms with Gasteiger partial charge in [0.1, 0.15) is 0 Å². The monoisotopic (exact) mass is 239 g/mol. The smallest absolute Gasteiger partial charge is 0.0119 e. The summed E-state index contributed by atoms with van der Waals surface area (Å²) in [7, 11) is 2.25. The van der Waals surface area contributed by atoms with Crippen LogP contribution in [0.25, 0.3) is 0 Å². The fourth-order valence-corrected chi connectivity index (χ4v) is 3.09. The van der Waals surface area contributed by atoms with Gasteiger partial charge in [0.05, 0.1) is 0 Å². The molecule has 2 saturated heterocycles. The molecule has 2 rings (SSSR count). The van der Waals surface area contributed by atoms with Crippen molar-refractivity contribution in [1.82, 2.24) is 15.1 Å². The predicted octanol–water partition coefficient (Wildman–Crippen LogP) is 1.40. The van der Waals surface area contributed by atoms with Crippen molar-refractivity contribution in [3.05, 3.63) is 0 Å². The van der Waals surface area contributed by atoms with E-state index in [0.29, 0.717) is 0 Å². The largest absolute Gasteiger partial charge is 0.316 e. The Morgan fingerprint density at radius 1 is 1.24 bits per heavy atom. The van der Waals surface area contributed by atoms with Gasteiger partial charge in [-0.1, -0.05) is 6.92 Å². The Bertz CT molecular complexity index is 208. The number of piperidine rings is 1. The molecule has 100 valence electrons. The van der Waals surface area contributed by atoms with Crippen LogP contribution in [-0.4, -0.2) is 62.2 Å². The molecule has 2 aliphatic rings. The van der Waals surface area contributed by atoms with Crippen LogP contribution in [0.15, 0.2) is 0 Å². The summed E-state index contributed by atoms with van der Waals surface area (Å²) in [5.41, 5.74) is 0. The molecule has 2 heterocycles. The average Bonchev–Trinajstić information content (AvgIpc) is 2.29. The van der Waals surface area contributed by atoms with E-state index in [-0.39, 0.29) is 0 Å². The summed E-state index contributed by atoms with van der Waals surface area (Å²) in [6.07, 6.45) is 5.56. The van der Waals surface area contributed by atoms with Crippen LogP contribution in [0.4, 0.5) is 0 Å². The fraction of sp³-hybridized carbons (Fsp3) is 1.00. The highest BCUT2D eigenvalue weighted by Gasteiger charge is 2.22. The second-order valence-electron chi connectivity index (χ2n) is 5.83. The molecule has 3 nitrogen and oxygen atoms in total. The summed E-state index contributed by atoms with van der Waals surface area (Å²) in [5.74, 6) is 0.978. The second-order valence-corrected chi connectivity index (χ2v) is 5.83. The normalized spacial score (nSPS) is 24.2. The average molecular weight is 239 g/mol. The first-order valence-electron chi connectivity index (χ1n) is 7.43. The van der Waals surface area contributed by atoms with Gasteiger partial charge >= 0.3 is 0 Å². The van der Waals surface area contributed by atoms with Gasteiger partial charge in [-0.15, -0.1) is 0 Å².